The Bertz CT molecular complexity index is 640. The second kappa shape index (κ2) is 4.77. The van der Waals surface area contributed by atoms with E-state index in [4.69, 9.17) is 0 Å². The molecule has 1 aliphatic rings. The summed E-state index contributed by atoms with van der Waals surface area (Å²) in [4.78, 5) is 16.7. The molecule has 6 nitrogen and oxygen atoms in total. The van der Waals surface area contributed by atoms with Crippen LogP contribution in [0.3, 0.4) is 0 Å². The molecule has 106 valence electrons. The van der Waals surface area contributed by atoms with Gasteiger partial charge in [0.15, 0.2) is 0 Å². The van der Waals surface area contributed by atoms with Gasteiger partial charge in [-0.25, -0.2) is 4.98 Å². The Kier molecular flexibility index (Phi) is 3.08. The van der Waals surface area contributed by atoms with Crippen molar-refractivity contribution in [1.82, 2.24) is 24.6 Å². The molecule has 2 aromatic rings. The van der Waals surface area contributed by atoms with Crippen LogP contribution >= 0.6 is 0 Å². The summed E-state index contributed by atoms with van der Waals surface area (Å²) in [5.74, 6) is 0.864. The average molecular weight is 273 g/mol. The van der Waals surface area contributed by atoms with Gasteiger partial charge in [0.1, 0.15) is 5.82 Å². The van der Waals surface area contributed by atoms with Crippen molar-refractivity contribution in [3.8, 4) is 0 Å². The van der Waals surface area contributed by atoms with Crippen LogP contribution in [0.4, 0.5) is 0 Å². The van der Waals surface area contributed by atoms with Crippen LogP contribution < -0.4 is 5.32 Å². The molecule has 1 atom stereocenters. The third-order valence-electron chi connectivity index (χ3n) is 3.71. The Morgan fingerprint density at radius 3 is 3.00 bits per heavy atom. The van der Waals surface area contributed by atoms with Gasteiger partial charge in [0, 0.05) is 31.2 Å². The van der Waals surface area contributed by atoms with Gasteiger partial charge in [-0.05, 0) is 27.2 Å². The van der Waals surface area contributed by atoms with Crippen LogP contribution in [0.15, 0.2) is 18.6 Å². The summed E-state index contributed by atoms with van der Waals surface area (Å²) in [5, 5.41) is 7.43. The molecule has 0 saturated carbocycles. The van der Waals surface area contributed by atoms with E-state index < -0.39 is 0 Å². The van der Waals surface area contributed by atoms with Gasteiger partial charge < -0.3 is 9.88 Å². The van der Waals surface area contributed by atoms with E-state index in [1.54, 1.807) is 6.20 Å². The number of hydrogen-bond donors (Lipinski definition) is 1. The van der Waals surface area contributed by atoms with Crippen molar-refractivity contribution in [2.24, 2.45) is 0 Å². The number of rotatable bonds is 3. The Hall–Kier alpha value is -2.11. The second-order valence-corrected chi connectivity index (χ2v) is 5.50. The van der Waals surface area contributed by atoms with Gasteiger partial charge >= 0.3 is 0 Å². The first-order valence-corrected chi connectivity index (χ1v) is 6.94. The Balaban J connectivity index is 1.77. The molecule has 2 aromatic heterocycles. The highest BCUT2D eigenvalue weighted by atomic mass is 16.1. The monoisotopic (exact) mass is 273 g/mol. The maximum Gasteiger partial charge on any atom is 0.255 e. The van der Waals surface area contributed by atoms with Gasteiger partial charge in [0.05, 0.1) is 17.3 Å². The Morgan fingerprint density at radius 2 is 2.30 bits per heavy atom. The van der Waals surface area contributed by atoms with E-state index in [0.29, 0.717) is 5.56 Å². The number of aromatic nitrogens is 4. The average Bonchev–Trinajstić information content (AvgIpc) is 3.05. The number of amides is 1. The fourth-order valence-electron chi connectivity index (χ4n) is 2.56. The van der Waals surface area contributed by atoms with E-state index in [0.717, 1.165) is 24.5 Å². The van der Waals surface area contributed by atoms with Crippen LogP contribution in [0.2, 0.25) is 0 Å². The molecular formula is C14H19N5O. The molecule has 1 amide bonds. The summed E-state index contributed by atoms with van der Waals surface area (Å²) in [7, 11) is 0. The van der Waals surface area contributed by atoms with E-state index in [2.05, 4.69) is 20.0 Å². The summed E-state index contributed by atoms with van der Waals surface area (Å²) in [6.45, 7) is 6.86. The Morgan fingerprint density at radius 1 is 1.50 bits per heavy atom. The molecule has 6 heteroatoms. The molecule has 20 heavy (non-hydrogen) atoms. The topological polar surface area (TPSA) is 64.7 Å². The summed E-state index contributed by atoms with van der Waals surface area (Å²) < 4.78 is 3.90. The molecule has 1 N–H and O–H groups in total. The molecule has 1 aliphatic heterocycles. The fourth-order valence-corrected chi connectivity index (χ4v) is 2.56. The van der Waals surface area contributed by atoms with Crippen molar-refractivity contribution in [1.29, 1.82) is 0 Å². The maximum atomic E-state index is 12.4. The van der Waals surface area contributed by atoms with Gasteiger partial charge in [0.2, 0.25) is 0 Å². The normalized spacial score (nSPS) is 17.5. The van der Waals surface area contributed by atoms with Gasteiger partial charge in [0.25, 0.3) is 5.91 Å². The predicted octanol–water partition coefficient (Wildman–Crippen LogP) is 1.84. The van der Waals surface area contributed by atoms with Crippen molar-refractivity contribution < 1.29 is 4.79 Å². The highest BCUT2D eigenvalue weighted by molar-refractivity contribution is 5.95. The summed E-state index contributed by atoms with van der Waals surface area (Å²) in [6.07, 6.45) is 6.43. The Labute approximate surface area is 117 Å². The lowest BCUT2D eigenvalue weighted by molar-refractivity contribution is 0.0935. The predicted molar refractivity (Wildman–Crippen MR) is 74.4 cm³/mol. The second-order valence-electron chi connectivity index (χ2n) is 5.50. The van der Waals surface area contributed by atoms with Crippen molar-refractivity contribution >= 4 is 5.91 Å². The largest absolute Gasteiger partial charge is 0.342 e. The first-order valence-electron chi connectivity index (χ1n) is 6.94. The van der Waals surface area contributed by atoms with Crippen LogP contribution in [-0.4, -0.2) is 25.2 Å². The number of imidazole rings is 1. The molecule has 3 heterocycles. The maximum absolute atomic E-state index is 12.4. The quantitative estimate of drug-likeness (QED) is 0.928. The van der Waals surface area contributed by atoms with Crippen LogP contribution in [0, 0.1) is 6.92 Å². The lowest BCUT2D eigenvalue weighted by Crippen LogP contribution is -2.27. The summed E-state index contributed by atoms with van der Waals surface area (Å²) in [5.41, 5.74) is 1.40. The molecule has 0 radical (unpaired) electrons. The number of fused-ring (bicyclic) bond motifs is 1. The molecule has 1 unspecified atom stereocenters. The summed E-state index contributed by atoms with van der Waals surface area (Å²) in [6, 6.07) is 0.250. The van der Waals surface area contributed by atoms with E-state index >= 15 is 0 Å². The van der Waals surface area contributed by atoms with Gasteiger partial charge in [-0.3, -0.25) is 9.48 Å². The lowest BCUT2D eigenvalue weighted by atomic mass is 10.2. The van der Waals surface area contributed by atoms with Gasteiger partial charge in [-0.2, -0.15) is 5.10 Å². The smallest absolute Gasteiger partial charge is 0.255 e. The van der Waals surface area contributed by atoms with Gasteiger partial charge in [-0.15, -0.1) is 0 Å². The molecule has 0 aromatic carbocycles. The number of nitrogens with zero attached hydrogens (tertiary/aromatic N) is 4. The minimum absolute atomic E-state index is 0.000648. The highest BCUT2D eigenvalue weighted by Crippen LogP contribution is 2.24. The molecule has 0 spiro atoms. The summed E-state index contributed by atoms with van der Waals surface area (Å²) >= 11 is 0. The highest BCUT2D eigenvalue weighted by Gasteiger charge is 2.26. The van der Waals surface area contributed by atoms with Crippen LogP contribution in [-0.2, 0) is 6.54 Å². The zero-order valence-corrected chi connectivity index (χ0v) is 12.0. The van der Waals surface area contributed by atoms with Crippen molar-refractivity contribution in [2.45, 2.75) is 45.8 Å². The third-order valence-corrected chi connectivity index (χ3v) is 3.71. The number of carbonyl (C=O) groups is 1. The minimum Gasteiger partial charge on any atom is -0.342 e. The number of nitrogens with one attached hydrogen (secondary N) is 1. The van der Waals surface area contributed by atoms with Crippen LogP contribution in [0.5, 0.6) is 0 Å². The molecule has 0 bridgehead atoms. The van der Waals surface area contributed by atoms with E-state index in [1.165, 1.54) is 0 Å². The molecule has 0 fully saturated rings. The zero-order valence-electron chi connectivity index (χ0n) is 12.0. The van der Waals surface area contributed by atoms with E-state index in [9.17, 15) is 4.79 Å². The number of aryl methyl sites for hydroxylation is 2. The van der Waals surface area contributed by atoms with Crippen molar-refractivity contribution in [3.63, 3.8) is 0 Å². The SMILES string of the molecule is Cc1nn(C(C)C)cc1C(=O)NC1CCn2ccnc21. The fraction of sp³-hybridized carbons (Fsp3) is 0.500. The van der Waals surface area contributed by atoms with Crippen molar-refractivity contribution in [2.75, 3.05) is 0 Å². The standard InChI is InChI=1S/C14H19N5O/c1-9(2)19-8-11(10(3)17-19)14(20)16-12-4-6-18-7-5-15-13(12)18/h5,7-9,12H,4,6H2,1-3H3,(H,16,20). The number of carbonyl (C=O) groups excluding carboxylic acids is 1. The van der Waals surface area contributed by atoms with Crippen LogP contribution in [0.25, 0.3) is 0 Å². The van der Waals surface area contributed by atoms with Gasteiger partial charge in [-0.1, -0.05) is 0 Å². The first-order chi connectivity index (χ1) is 9.56. The third kappa shape index (κ3) is 2.11. The molecule has 0 aliphatic carbocycles. The molecule has 0 saturated heterocycles. The van der Waals surface area contributed by atoms with E-state index in [1.807, 2.05) is 37.8 Å². The lowest BCUT2D eigenvalue weighted by Gasteiger charge is -2.10. The number of hydrogen-bond acceptors (Lipinski definition) is 3. The molecular weight excluding hydrogens is 254 g/mol. The minimum atomic E-state index is -0.0733. The van der Waals surface area contributed by atoms with Crippen molar-refractivity contribution in [3.05, 3.63) is 35.7 Å². The molecule has 3 rings (SSSR count). The van der Waals surface area contributed by atoms with E-state index in [-0.39, 0.29) is 18.0 Å². The first kappa shape index (κ1) is 12.9. The zero-order chi connectivity index (χ0) is 14.3. The van der Waals surface area contributed by atoms with Crippen LogP contribution in [0.1, 0.15) is 54.2 Å².